The molecular weight excluding hydrogens is 863 g/mol. The molecule has 0 aliphatic carbocycles. The van der Waals surface area contributed by atoms with Crippen molar-refractivity contribution in [1.29, 1.82) is 0 Å². The first-order chi connectivity index (χ1) is 23.5. The molecule has 0 saturated heterocycles. The second-order valence-electron chi connectivity index (χ2n) is 10.1. The smallest absolute Gasteiger partial charge is 0.871 e. The number of nitrogens with zero attached hydrogens (tertiary/aromatic N) is 4. The summed E-state index contributed by atoms with van der Waals surface area (Å²) < 4.78 is 66.7. The molecule has 0 fully saturated rings. The van der Waals surface area contributed by atoms with Gasteiger partial charge in [0.15, 0.2) is 0 Å². The van der Waals surface area contributed by atoms with Crippen LogP contribution in [0.15, 0.2) is 127 Å². The van der Waals surface area contributed by atoms with Gasteiger partial charge in [0.2, 0.25) is 0 Å². The van der Waals surface area contributed by atoms with Gasteiger partial charge in [0, 0.05) is 20.8 Å². The summed E-state index contributed by atoms with van der Waals surface area (Å²) in [6, 6.07) is 23.3. The summed E-state index contributed by atoms with van der Waals surface area (Å²) in [5.41, 5.74) is -0.920. The van der Waals surface area contributed by atoms with Gasteiger partial charge in [-0.05, 0) is 35.0 Å². The monoisotopic (exact) mass is 878 g/mol. The molecule has 0 atom stereocenters. The third-order valence-electron chi connectivity index (χ3n) is 6.78. The molecule has 6 aromatic carbocycles. The van der Waals surface area contributed by atoms with Crippen molar-refractivity contribution >= 4 is 87.7 Å². The summed E-state index contributed by atoms with van der Waals surface area (Å²) in [5.74, 6) is -3.10. The molecular formula is C32H16Cl2CoN4Na3O10S2. The van der Waals surface area contributed by atoms with Crippen LogP contribution in [-0.2, 0) is 37.0 Å². The first-order valence-electron chi connectivity index (χ1n) is 13.7. The number of fused-ring (bicyclic) bond motifs is 2. The fourth-order valence-corrected chi connectivity index (χ4v) is 6.27. The molecule has 0 radical (unpaired) electrons. The van der Waals surface area contributed by atoms with Gasteiger partial charge in [0.25, 0.3) is 0 Å². The van der Waals surface area contributed by atoms with E-state index in [0.717, 1.165) is 35.0 Å². The van der Waals surface area contributed by atoms with E-state index in [1.807, 2.05) is 0 Å². The topological polar surface area (TPSA) is 256 Å². The zero-order valence-electron chi connectivity index (χ0n) is 28.0. The molecule has 0 N–H and O–H groups in total. The van der Waals surface area contributed by atoms with Crippen molar-refractivity contribution in [2.75, 3.05) is 0 Å². The van der Waals surface area contributed by atoms with E-state index in [2.05, 4.69) is 20.5 Å². The zero-order valence-corrected chi connectivity index (χ0v) is 38.2. The van der Waals surface area contributed by atoms with E-state index in [4.69, 9.17) is 23.2 Å². The molecule has 0 amide bonds. The Morgan fingerprint density at radius 1 is 0.481 bits per heavy atom. The summed E-state index contributed by atoms with van der Waals surface area (Å²) in [6.45, 7) is 0. The Balaban J connectivity index is 0.000000503. The van der Waals surface area contributed by atoms with E-state index >= 15 is 0 Å². The summed E-state index contributed by atoms with van der Waals surface area (Å²) in [7, 11) is -10.0. The zero-order chi connectivity index (χ0) is 36.4. The molecule has 6 aromatic rings. The Labute approximate surface area is 394 Å². The Hall–Kier alpha value is -1.85. The van der Waals surface area contributed by atoms with Gasteiger partial charge >= 0.3 is 105 Å². The van der Waals surface area contributed by atoms with E-state index in [9.17, 15) is 46.4 Å². The maximum absolute atomic E-state index is 12.1. The van der Waals surface area contributed by atoms with Crippen LogP contribution >= 0.6 is 23.2 Å². The van der Waals surface area contributed by atoms with Gasteiger partial charge < -0.3 is 29.5 Å². The number of rotatable bonds is 6. The maximum Gasteiger partial charge on any atom is 3.00 e. The maximum atomic E-state index is 12.1. The van der Waals surface area contributed by atoms with Gasteiger partial charge in [-0.1, -0.05) is 119 Å². The van der Waals surface area contributed by atoms with Crippen molar-refractivity contribution in [2.45, 2.75) is 9.79 Å². The van der Waals surface area contributed by atoms with Crippen LogP contribution in [0.2, 0.25) is 10.0 Å². The van der Waals surface area contributed by atoms with Crippen LogP contribution in [0.25, 0.3) is 21.5 Å². The molecule has 0 aliphatic rings. The normalized spacial score (nSPS) is 11.2. The van der Waals surface area contributed by atoms with E-state index in [1.165, 1.54) is 12.1 Å². The van der Waals surface area contributed by atoms with Crippen molar-refractivity contribution in [3.05, 3.63) is 107 Å². The Kier molecular flexibility index (Phi) is 19.6. The summed E-state index contributed by atoms with van der Waals surface area (Å²) in [6.07, 6.45) is 0. The van der Waals surface area contributed by atoms with Crippen LogP contribution in [0.5, 0.6) is 23.0 Å². The van der Waals surface area contributed by atoms with Crippen molar-refractivity contribution < 1.29 is 152 Å². The van der Waals surface area contributed by atoms with Crippen LogP contribution in [0.4, 0.5) is 22.7 Å². The number of benzene rings is 6. The molecule has 0 aromatic heterocycles. The van der Waals surface area contributed by atoms with Gasteiger partial charge in [-0.25, -0.2) is 16.8 Å². The Bertz CT molecular complexity index is 2430. The molecule has 54 heavy (non-hydrogen) atoms. The van der Waals surface area contributed by atoms with E-state index < -0.39 is 64.4 Å². The van der Waals surface area contributed by atoms with Gasteiger partial charge in [-0.15, -0.1) is 0 Å². The molecule has 0 saturated carbocycles. The number of halogens is 2. The minimum absolute atomic E-state index is 0. The molecule has 0 spiro atoms. The number of hydrogen-bond acceptors (Lipinski definition) is 14. The van der Waals surface area contributed by atoms with Crippen molar-refractivity contribution in [3.8, 4) is 23.0 Å². The van der Waals surface area contributed by atoms with Crippen LogP contribution in [0, 0.1) is 0 Å². The third kappa shape index (κ3) is 12.1. The van der Waals surface area contributed by atoms with Crippen molar-refractivity contribution in [1.82, 2.24) is 0 Å². The molecule has 0 aliphatic heterocycles. The molecule has 6 rings (SSSR count). The molecule has 0 bridgehead atoms. The van der Waals surface area contributed by atoms with Crippen LogP contribution in [0.3, 0.4) is 0 Å². The molecule has 262 valence electrons. The largest absolute Gasteiger partial charge is 3.00 e. The fraction of sp³-hybridized carbons (Fsp3) is 0. The predicted octanol–water partition coefficient (Wildman–Crippen LogP) is -3.07. The second kappa shape index (κ2) is 21.1. The molecule has 0 heterocycles. The number of azo groups is 2. The summed E-state index contributed by atoms with van der Waals surface area (Å²) >= 11 is 11.5. The first kappa shape index (κ1) is 50.2. The Morgan fingerprint density at radius 2 is 0.815 bits per heavy atom. The van der Waals surface area contributed by atoms with E-state index in [0.29, 0.717) is 10.8 Å². The van der Waals surface area contributed by atoms with Gasteiger partial charge in [0.1, 0.15) is 20.2 Å². The average Bonchev–Trinajstić information content (AvgIpc) is 3.05. The summed E-state index contributed by atoms with van der Waals surface area (Å²) in [4.78, 5) is -2.04. The van der Waals surface area contributed by atoms with Gasteiger partial charge in [-0.2, -0.15) is 20.5 Å². The van der Waals surface area contributed by atoms with Crippen molar-refractivity contribution in [3.63, 3.8) is 0 Å². The number of hydrogen-bond donors (Lipinski definition) is 0. The van der Waals surface area contributed by atoms with Crippen molar-refractivity contribution in [2.24, 2.45) is 20.5 Å². The van der Waals surface area contributed by atoms with Crippen LogP contribution in [-0.4, -0.2) is 25.9 Å². The van der Waals surface area contributed by atoms with E-state index in [-0.39, 0.29) is 127 Å². The SMILES string of the molecule is O=S(=O)([O-])c1cc(Cl)cc(N=Nc2c([O-])ccc3ccccc23)c1[O-].O=S(=O)([O-])c1cc(Cl)cc(N=Nc2c([O-])ccc3ccccc23)c1[O-].[Co+3].[Na+].[Na+].[Na+]. The molecule has 14 nitrogen and oxygen atoms in total. The minimum atomic E-state index is -5.01. The quantitative estimate of drug-likeness (QED) is 0.0927. The van der Waals surface area contributed by atoms with Gasteiger partial charge in [0.05, 0.1) is 32.5 Å². The van der Waals surface area contributed by atoms with E-state index in [1.54, 1.807) is 60.7 Å². The second-order valence-corrected chi connectivity index (χ2v) is 13.6. The Morgan fingerprint density at radius 3 is 1.15 bits per heavy atom. The standard InChI is InChI=1S/2C16H11ClN2O5S.Co.3Na/c2*17-10-7-12(16(21)14(8-10)25(22,23)24)18-19-15-11-4-2-1-3-9(11)5-6-13(15)20;;;;/h2*1-8,20-21H,(H,22,23,24);;;;/q;;+3;3*+1/p-6. The predicted molar refractivity (Wildman–Crippen MR) is 173 cm³/mol. The van der Waals surface area contributed by atoms with Gasteiger partial charge in [-0.3, -0.25) is 0 Å². The third-order valence-corrected chi connectivity index (χ3v) is 8.90. The fourth-order valence-electron chi connectivity index (χ4n) is 4.51. The first-order valence-corrected chi connectivity index (χ1v) is 17.3. The average molecular weight is 879 g/mol. The minimum Gasteiger partial charge on any atom is -0.871 e. The summed E-state index contributed by atoms with van der Waals surface area (Å²) in [5, 5.41) is 65.3. The molecule has 22 heteroatoms. The van der Waals surface area contributed by atoms with Crippen LogP contribution in [0.1, 0.15) is 0 Å². The van der Waals surface area contributed by atoms with Crippen LogP contribution < -0.4 is 109 Å². The molecule has 0 unspecified atom stereocenters.